The summed E-state index contributed by atoms with van der Waals surface area (Å²) < 4.78 is 14.3. The number of anilines is 1. The molecule has 6 rings (SSSR count). The van der Waals surface area contributed by atoms with Crippen LogP contribution in [0.25, 0.3) is 22.3 Å². The number of carbonyl (C=O) groups is 1. The lowest BCUT2D eigenvalue weighted by Gasteiger charge is -2.21. The van der Waals surface area contributed by atoms with Crippen LogP contribution in [-0.2, 0) is 4.79 Å². The third-order valence-electron chi connectivity index (χ3n) is 6.38. The SMILES string of the molecule is CC(Oc1nc(-c2ccc3c(c2)NCCO3)cc2ncn(C3CC3)c12)C1CNC(=O)C1. The summed E-state index contributed by atoms with van der Waals surface area (Å²) in [4.78, 5) is 21.3. The Morgan fingerprint density at radius 1 is 1.26 bits per heavy atom. The van der Waals surface area contributed by atoms with Gasteiger partial charge in [-0.15, -0.1) is 0 Å². The average Bonchev–Trinajstić information content (AvgIpc) is 3.39. The lowest BCUT2D eigenvalue weighted by atomic mass is 10.0. The monoisotopic (exact) mass is 419 g/mol. The smallest absolute Gasteiger partial charge is 0.241 e. The molecule has 3 aromatic rings. The maximum atomic E-state index is 11.7. The highest BCUT2D eigenvalue weighted by atomic mass is 16.5. The number of amides is 1. The molecule has 2 atom stereocenters. The summed E-state index contributed by atoms with van der Waals surface area (Å²) in [5.74, 6) is 1.66. The van der Waals surface area contributed by atoms with Gasteiger partial charge in [0.2, 0.25) is 11.8 Å². The number of ether oxygens (including phenoxy) is 2. The quantitative estimate of drug-likeness (QED) is 0.660. The first-order chi connectivity index (χ1) is 15.2. The van der Waals surface area contributed by atoms with E-state index in [0.717, 1.165) is 53.1 Å². The van der Waals surface area contributed by atoms with Gasteiger partial charge in [0, 0.05) is 37.0 Å². The van der Waals surface area contributed by atoms with E-state index in [1.165, 1.54) is 0 Å². The van der Waals surface area contributed by atoms with Gasteiger partial charge in [-0.3, -0.25) is 4.79 Å². The van der Waals surface area contributed by atoms with Crippen molar-refractivity contribution in [2.45, 2.75) is 38.3 Å². The fraction of sp³-hybridized carbons (Fsp3) is 0.435. The van der Waals surface area contributed by atoms with Crippen LogP contribution in [0.4, 0.5) is 5.69 Å². The molecule has 1 aliphatic carbocycles. The van der Waals surface area contributed by atoms with E-state index in [4.69, 9.17) is 14.5 Å². The van der Waals surface area contributed by atoms with E-state index in [0.29, 0.717) is 31.5 Å². The van der Waals surface area contributed by atoms with Gasteiger partial charge in [0.05, 0.1) is 23.2 Å². The molecule has 8 nitrogen and oxygen atoms in total. The highest BCUT2D eigenvalue weighted by Crippen LogP contribution is 2.41. The normalized spacial score (nSPS) is 21.2. The minimum absolute atomic E-state index is 0.0825. The van der Waals surface area contributed by atoms with E-state index in [1.807, 2.05) is 31.5 Å². The first-order valence-corrected chi connectivity index (χ1v) is 11.0. The van der Waals surface area contributed by atoms with Crippen LogP contribution < -0.4 is 20.1 Å². The molecule has 4 heterocycles. The fourth-order valence-electron chi connectivity index (χ4n) is 4.42. The Kier molecular flexibility index (Phi) is 4.26. The van der Waals surface area contributed by atoms with Gasteiger partial charge in [0.25, 0.3) is 0 Å². The van der Waals surface area contributed by atoms with E-state index in [9.17, 15) is 4.79 Å². The number of nitrogens with one attached hydrogen (secondary N) is 2. The van der Waals surface area contributed by atoms with Crippen LogP contribution in [0.5, 0.6) is 11.6 Å². The Morgan fingerprint density at radius 2 is 2.16 bits per heavy atom. The number of benzene rings is 1. The zero-order valence-corrected chi connectivity index (χ0v) is 17.4. The summed E-state index contributed by atoms with van der Waals surface area (Å²) in [6.45, 7) is 4.11. The molecule has 3 aliphatic rings. The Morgan fingerprint density at radius 3 is 2.97 bits per heavy atom. The van der Waals surface area contributed by atoms with Crippen molar-refractivity contribution in [3.63, 3.8) is 0 Å². The second-order valence-electron chi connectivity index (χ2n) is 8.64. The van der Waals surface area contributed by atoms with Crippen molar-refractivity contribution in [1.29, 1.82) is 0 Å². The number of imidazole rings is 1. The van der Waals surface area contributed by atoms with Crippen molar-refractivity contribution in [3.8, 4) is 22.9 Å². The average molecular weight is 419 g/mol. The fourth-order valence-corrected chi connectivity index (χ4v) is 4.42. The maximum Gasteiger partial charge on any atom is 0.241 e. The van der Waals surface area contributed by atoms with Crippen LogP contribution in [0, 0.1) is 5.92 Å². The second kappa shape index (κ2) is 7.14. The van der Waals surface area contributed by atoms with Crippen LogP contribution in [-0.4, -0.2) is 46.2 Å². The van der Waals surface area contributed by atoms with Gasteiger partial charge < -0.3 is 24.7 Å². The minimum atomic E-state index is -0.133. The van der Waals surface area contributed by atoms with Crippen molar-refractivity contribution >= 4 is 22.6 Å². The molecular formula is C23H25N5O3. The number of pyridine rings is 1. The predicted molar refractivity (Wildman–Crippen MR) is 116 cm³/mol. The number of rotatable bonds is 5. The Hall–Kier alpha value is -3.29. The van der Waals surface area contributed by atoms with Gasteiger partial charge in [0.1, 0.15) is 24.0 Å². The molecule has 8 heteroatoms. The Labute approximate surface area is 180 Å². The number of hydrogen-bond acceptors (Lipinski definition) is 6. The van der Waals surface area contributed by atoms with E-state index < -0.39 is 0 Å². The largest absolute Gasteiger partial charge is 0.490 e. The lowest BCUT2D eigenvalue weighted by Crippen LogP contribution is -2.26. The van der Waals surface area contributed by atoms with Crippen molar-refractivity contribution < 1.29 is 14.3 Å². The van der Waals surface area contributed by atoms with Crippen LogP contribution in [0.3, 0.4) is 0 Å². The van der Waals surface area contributed by atoms with Crippen molar-refractivity contribution in [1.82, 2.24) is 19.9 Å². The predicted octanol–water partition coefficient (Wildman–Crippen LogP) is 3.14. The van der Waals surface area contributed by atoms with E-state index in [-0.39, 0.29) is 17.9 Å². The molecule has 0 radical (unpaired) electrons. The maximum absolute atomic E-state index is 11.7. The van der Waals surface area contributed by atoms with Gasteiger partial charge in [-0.25, -0.2) is 9.97 Å². The molecule has 160 valence electrons. The molecule has 0 bridgehead atoms. The zero-order valence-electron chi connectivity index (χ0n) is 17.4. The number of hydrogen-bond donors (Lipinski definition) is 2. The highest BCUT2D eigenvalue weighted by molar-refractivity contribution is 5.85. The van der Waals surface area contributed by atoms with Crippen LogP contribution >= 0.6 is 0 Å². The van der Waals surface area contributed by atoms with E-state index >= 15 is 0 Å². The number of fused-ring (bicyclic) bond motifs is 2. The Bertz CT molecular complexity index is 1170. The summed E-state index contributed by atoms with van der Waals surface area (Å²) in [7, 11) is 0. The van der Waals surface area contributed by atoms with Crippen LogP contribution in [0.2, 0.25) is 0 Å². The van der Waals surface area contributed by atoms with E-state index in [2.05, 4.69) is 26.3 Å². The second-order valence-corrected chi connectivity index (χ2v) is 8.64. The molecular weight excluding hydrogens is 394 g/mol. The molecule has 2 fully saturated rings. The van der Waals surface area contributed by atoms with Gasteiger partial charge >= 0.3 is 0 Å². The molecule has 2 aromatic heterocycles. The topological polar surface area (TPSA) is 90.3 Å². The summed E-state index contributed by atoms with van der Waals surface area (Å²) in [5.41, 5.74) is 4.58. The van der Waals surface area contributed by atoms with Gasteiger partial charge in [-0.1, -0.05) is 0 Å². The van der Waals surface area contributed by atoms with Gasteiger partial charge in [0.15, 0.2) is 0 Å². The summed E-state index contributed by atoms with van der Waals surface area (Å²) in [5, 5.41) is 6.28. The number of nitrogens with zero attached hydrogens (tertiary/aromatic N) is 3. The standard InChI is InChI=1S/C23H25N5O3/c1-13(15-9-21(29)25-11-15)31-23-22-19(26-12-28(22)16-3-4-16)10-17(27-23)14-2-5-20-18(8-14)24-6-7-30-20/h2,5,8,10,12-13,15-16,24H,3-4,6-7,9,11H2,1H3,(H,25,29). The molecule has 2 unspecified atom stereocenters. The lowest BCUT2D eigenvalue weighted by molar-refractivity contribution is -0.119. The molecule has 1 aromatic carbocycles. The summed E-state index contributed by atoms with van der Waals surface area (Å²) in [6.07, 6.45) is 4.56. The molecule has 1 amide bonds. The van der Waals surface area contributed by atoms with Crippen LogP contribution in [0.1, 0.15) is 32.2 Å². The van der Waals surface area contributed by atoms with Crippen molar-refractivity contribution in [3.05, 3.63) is 30.6 Å². The first-order valence-electron chi connectivity index (χ1n) is 11.0. The number of aromatic nitrogens is 3. The Balaban J connectivity index is 1.41. The third-order valence-corrected chi connectivity index (χ3v) is 6.38. The number of carbonyl (C=O) groups excluding carboxylic acids is 1. The summed E-state index contributed by atoms with van der Waals surface area (Å²) >= 11 is 0. The zero-order chi connectivity index (χ0) is 20.9. The van der Waals surface area contributed by atoms with Gasteiger partial charge in [-0.2, -0.15) is 0 Å². The minimum Gasteiger partial charge on any atom is -0.490 e. The van der Waals surface area contributed by atoms with E-state index in [1.54, 1.807) is 0 Å². The van der Waals surface area contributed by atoms with Crippen molar-refractivity contribution in [2.75, 3.05) is 25.0 Å². The third kappa shape index (κ3) is 3.36. The van der Waals surface area contributed by atoms with Crippen molar-refractivity contribution in [2.24, 2.45) is 5.92 Å². The van der Waals surface area contributed by atoms with Gasteiger partial charge in [-0.05, 0) is 44.0 Å². The first kappa shape index (κ1) is 18.5. The molecule has 1 saturated heterocycles. The molecule has 1 saturated carbocycles. The summed E-state index contributed by atoms with van der Waals surface area (Å²) in [6, 6.07) is 8.55. The van der Waals surface area contributed by atoms with Crippen LogP contribution in [0.15, 0.2) is 30.6 Å². The molecule has 2 N–H and O–H groups in total. The molecule has 2 aliphatic heterocycles. The molecule has 0 spiro atoms. The molecule has 31 heavy (non-hydrogen) atoms. The highest BCUT2D eigenvalue weighted by Gasteiger charge is 2.31.